The van der Waals surface area contributed by atoms with Gasteiger partial charge in [0.15, 0.2) is 6.61 Å². The highest BCUT2D eigenvalue weighted by Crippen LogP contribution is 2.27. The van der Waals surface area contributed by atoms with Crippen molar-refractivity contribution in [2.45, 2.75) is 20.4 Å². The van der Waals surface area contributed by atoms with Crippen LogP contribution in [0.25, 0.3) is 10.6 Å². The van der Waals surface area contributed by atoms with Gasteiger partial charge in [-0.1, -0.05) is 6.07 Å². The summed E-state index contributed by atoms with van der Waals surface area (Å²) in [6.45, 7) is 4.24. The summed E-state index contributed by atoms with van der Waals surface area (Å²) in [7, 11) is 1.56. The molecule has 2 aromatic heterocycles. The average Bonchev–Trinajstić information content (AvgIpc) is 3.06. The second kappa shape index (κ2) is 9.33. The molecule has 0 aliphatic heterocycles. The molecule has 0 fully saturated rings. The van der Waals surface area contributed by atoms with Crippen molar-refractivity contribution in [1.82, 2.24) is 20.1 Å². The topological polar surface area (TPSA) is 95.3 Å². The number of hydrogen-bond donors (Lipinski definition) is 1. The van der Waals surface area contributed by atoms with Crippen molar-refractivity contribution in [1.29, 1.82) is 0 Å². The van der Waals surface area contributed by atoms with Gasteiger partial charge in [0, 0.05) is 18.7 Å². The first-order valence-corrected chi connectivity index (χ1v) is 9.84. The number of carbonyl (C=O) groups is 1. The molecule has 1 aromatic carbocycles. The number of nitrogens with one attached hydrogen (secondary N) is 1. The number of ether oxygens (including phenoxy) is 2. The molecule has 8 nitrogen and oxygen atoms in total. The van der Waals surface area contributed by atoms with Gasteiger partial charge in [0.25, 0.3) is 11.5 Å². The molecule has 0 unspecified atom stereocenters. The molecule has 3 aromatic rings. The number of benzene rings is 1. The molecule has 0 aliphatic carbocycles. The third-order valence-electron chi connectivity index (χ3n) is 4.06. The highest BCUT2D eigenvalue weighted by Gasteiger charge is 2.11. The lowest BCUT2D eigenvalue weighted by atomic mass is 10.3. The fraction of sp³-hybridized carbons (Fsp3) is 0.300. The van der Waals surface area contributed by atoms with E-state index in [-0.39, 0.29) is 31.2 Å². The van der Waals surface area contributed by atoms with Crippen LogP contribution in [0.5, 0.6) is 11.5 Å². The maximum atomic E-state index is 12.1. The van der Waals surface area contributed by atoms with Crippen molar-refractivity contribution >= 4 is 17.2 Å². The zero-order valence-electron chi connectivity index (χ0n) is 16.5. The van der Waals surface area contributed by atoms with Crippen LogP contribution in [-0.4, -0.2) is 40.9 Å². The summed E-state index contributed by atoms with van der Waals surface area (Å²) in [5.41, 5.74) is 1.35. The molecule has 0 saturated carbocycles. The number of aromatic nitrogens is 3. The lowest BCUT2D eigenvalue weighted by molar-refractivity contribution is -0.123. The molecule has 3 rings (SSSR count). The Morgan fingerprint density at radius 1 is 1.21 bits per heavy atom. The van der Waals surface area contributed by atoms with Crippen molar-refractivity contribution in [2.24, 2.45) is 0 Å². The molecular formula is C20H22N4O4S. The van der Waals surface area contributed by atoms with Gasteiger partial charge < -0.3 is 14.8 Å². The van der Waals surface area contributed by atoms with E-state index in [2.05, 4.69) is 15.4 Å². The van der Waals surface area contributed by atoms with Crippen LogP contribution in [0.4, 0.5) is 0 Å². The molecule has 2 heterocycles. The van der Waals surface area contributed by atoms with Crippen LogP contribution in [0.2, 0.25) is 0 Å². The van der Waals surface area contributed by atoms with Gasteiger partial charge in [-0.25, -0.2) is 9.67 Å². The van der Waals surface area contributed by atoms with Crippen molar-refractivity contribution in [3.63, 3.8) is 0 Å². The lowest BCUT2D eigenvalue weighted by Gasteiger charge is -2.10. The van der Waals surface area contributed by atoms with E-state index in [0.717, 1.165) is 15.6 Å². The van der Waals surface area contributed by atoms with Crippen LogP contribution >= 0.6 is 11.3 Å². The van der Waals surface area contributed by atoms with Crippen LogP contribution in [-0.2, 0) is 11.3 Å². The Balaban J connectivity index is 1.54. The minimum atomic E-state index is -0.286. The zero-order chi connectivity index (χ0) is 20.8. The lowest BCUT2D eigenvalue weighted by Crippen LogP contribution is -2.34. The Kier molecular flexibility index (Phi) is 6.61. The van der Waals surface area contributed by atoms with Gasteiger partial charge in [0.1, 0.15) is 17.2 Å². The maximum absolute atomic E-state index is 12.1. The van der Waals surface area contributed by atoms with E-state index in [1.165, 1.54) is 22.1 Å². The molecule has 1 amide bonds. The van der Waals surface area contributed by atoms with Crippen molar-refractivity contribution in [3.05, 3.63) is 57.5 Å². The van der Waals surface area contributed by atoms with Gasteiger partial charge in [-0.15, -0.1) is 11.3 Å². The van der Waals surface area contributed by atoms with Crippen molar-refractivity contribution < 1.29 is 14.3 Å². The van der Waals surface area contributed by atoms with Gasteiger partial charge in [0.2, 0.25) is 0 Å². The van der Waals surface area contributed by atoms with Gasteiger partial charge >= 0.3 is 0 Å². The molecule has 0 atom stereocenters. The summed E-state index contributed by atoms with van der Waals surface area (Å²) in [6.07, 6.45) is 0. The molecule has 0 saturated heterocycles. The number of rotatable bonds is 8. The van der Waals surface area contributed by atoms with Gasteiger partial charge in [-0.3, -0.25) is 9.59 Å². The Hall–Kier alpha value is -3.20. The van der Waals surface area contributed by atoms with Crippen LogP contribution in [0.3, 0.4) is 0 Å². The number of amides is 1. The van der Waals surface area contributed by atoms with E-state index >= 15 is 0 Å². The summed E-state index contributed by atoms with van der Waals surface area (Å²) in [6, 6.07) is 10.2. The second-order valence-electron chi connectivity index (χ2n) is 6.24. The zero-order valence-corrected chi connectivity index (χ0v) is 17.3. The minimum absolute atomic E-state index is 0.130. The predicted octanol–water partition coefficient (Wildman–Crippen LogP) is 2.19. The SMILES string of the molecule is COc1cccc(OCC(=O)NCCn2nc(-c3sc(C)nc3C)ccc2=O)c1. The van der Waals surface area contributed by atoms with E-state index in [0.29, 0.717) is 17.2 Å². The van der Waals surface area contributed by atoms with E-state index in [4.69, 9.17) is 9.47 Å². The van der Waals surface area contributed by atoms with Gasteiger partial charge in [-0.2, -0.15) is 5.10 Å². The smallest absolute Gasteiger partial charge is 0.266 e. The Morgan fingerprint density at radius 3 is 2.72 bits per heavy atom. The second-order valence-corrected chi connectivity index (χ2v) is 7.45. The first-order chi connectivity index (χ1) is 14.0. The molecule has 29 heavy (non-hydrogen) atoms. The normalized spacial score (nSPS) is 10.6. The quantitative estimate of drug-likeness (QED) is 0.607. The third kappa shape index (κ3) is 5.41. The first-order valence-electron chi connectivity index (χ1n) is 9.02. The van der Waals surface area contributed by atoms with Crippen LogP contribution in [0, 0.1) is 13.8 Å². The van der Waals surface area contributed by atoms with E-state index < -0.39 is 0 Å². The van der Waals surface area contributed by atoms with Gasteiger partial charge in [-0.05, 0) is 32.0 Å². The maximum Gasteiger partial charge on any atom is 0.266 e. The summed E-state index contributed by atoms with van der Waals surface area (Å²) >= 11 is 1.53. The van der Waals surface area contributed by atoms with E-state index in [1.54, 1.807) is 37.4 Å². The highest BCUT2D eigenvalue weighted by molar-refractivity contribution is 7.15. The van der Waals surface area contributed by atoms with Crippen molar-refractivity contribution in [2.75, 3.05) is 20.3 Å². The molecule has 0 spiro atoms. The fourth-order valence-corrected chi connectivity index (χ4v) is 3.58. The first kappa shape index (κ1) is 20.5. The highest BCUT2D eigenvalue weighted by atomic mass is 32.1. The molecule has 0 aliphatic rings. The fourth-order valence-electron chi connectivity index (χ4n) is 2.69. The molecular weight excluding hydrogens is 392 g/mol. The molecule has 0 bridgehead atoms. The summed E-state index contributed by atoms with van der Waals surface area (Å²) in [5.74, 6) is 0.908. The Bertz CT molecular complexity index is 1060. The third-order valence-corrected chi connectivity index (χ3v) is 5.16. The minimum Gasteiger partial charge on any atom is -0.497 e. The molecule has 1 N–H and O–H groups in total. The summed E-state index contributed by atoms with van der Waals surface area (Å²) < 4.78 is 11.9. The molecule has 0 radical (unpaired) electrons. The predicted molar refractivity (Wildman–Crippen MR) is 111 cm³/mol. The molecule has 152 valence electrons. The van der Waals surface area contributed by atoms with Crippen molar-refractivity contribution in [3.8, 4) is 22.1 Å². The molecule has 9 heteroatoms. The Morgan fingerprint density at radius 2 is 2.00 bits per heavy atom. The van der Waals surface area contributed by atoms with E-state index in [1.807, 2.05) is 13.8 Å². The number of thiazole rings is 1. The van der Waals surface area contributed by atoms with Crippen LogP contribution in [0.1, 0.15) is 10.7 Å². The number of nitrogens with zero attached hydrogens (tertiary/aromatic N) is 3. The number of carbonyl (C=O) groups excluding carboxylic acids is 1. The van der Waals surface area contributed by atoms with Crippen LogP contribution < -0.4 is 20.3 Å². The Labute approximate surface area is 172 Å². The largest absolute Gasteiger partial charge is 0.497 e. The summed E-state index contributed by atoms with van der Waals surface area (Å²) in [4.78, 5) is 29.4. The summed E-state index contributed by atoms with van der Waals surface area (Å²) in [5, 5.41) is 8.08. The van der Waals surface area contributed by atoms with Gasteiger partial charge in [0.05, 0.1) is 29.2 Å². The van der Waals surface area contributed by atoms with E-state index in [9.17, 15) is 9.59 Å². The average molecular weight is 414 g/mol. The standard InChI is InChI=1S/C20H22N4O4S/c1-13-20(29-14(2)22-13)17-7-8-19(26)24(23-17)10-9-21-18(25)12-28-16-6-4-5-15(11-16)27-3/h4-8,11H,9-10,12H2,1-3H3,(H,21,25). The number of hydrogen-bond acceptors (Lipinski definition) is 7. The number of aryl methyl sites for hydroxylation is 2. The monoisotopic (exact) mass is 414 g/mol. The number of methoxy groups -OCH3 is 1. The van der Waals surface area contributed by atoms with Crippen LogP contribution in [0.15, 0.2) is 41.2 Å².